The monoisotopic (exact) mass is 302 g/mol. The van der Waals surface area contributed by atoms with Gasteiger partial charge in [0.25, 0.3) is 5.91 Å². The van der Waals surface area contributed by atoms with Gasteiger partial charge in [-0.1, -0.05) is 36.4 Å². The van der Waals surface area contributed by atoms with E-state index in [-0.39, 0.29) is 24.7 Å². The van der Waals surface area contributed by atoms with E-state index in [4.69, 9.17) is 4.74 Å². The Balaban J connectivity index is 1.70. The molecule has 2 aromatic carbocycles. The lowest BCUT2D eigenvalue weighted by Crippen LogP contribution is -2.44. The number of halogens is 1. The van der Waals surface area contributed by atoms with Gasteiger partial charge in [0, 0.05) is 6.07 Å². The Morgan fingerprint density at radius 3 is 2.41 bits per heavy atom. The Kier molecular flexibility index (Phi) is 5.48. The van der Waals surface area contributed by atoms with Gasteiger partial charge in [-0.25, -0.2) is 4.39 Å². The van der Waals surface area contributed by atoms with Gasteiger partial charge in [0.05, 0.1) is 6.42 Å². The molecule has 0 saturated heterocycles. The second kappa shape index (κ2) is 7.78. The number of hydrazine groups is 1. The maximum absolute atomic E-state index is 12.9. The summed E-state index contributed by atoms with van der Waals surface area (Å²) in [5, 5.41) is 0. The number of amides is 2. The van der Waals surface area contributed by atoms with Crippen LogP contribution in [0.1, 0.15) is 5.56 Å². The van der Waals surface area contributed by atoms with Crippen molar-refractivity contribution >= 4 is 11.8 Å². The number of carbonyl (C=O) groups excluding carboxylic acids is 2. The number of carbonyl (C=O) groups is 2. The molecule has 0 aliphatic carbocycles. The predicted molar refractivity (Wildman–Crippen MR) is 78.3 cm³/mol. The third kappa shape index (κ3) is 5.24. The molecule has 0 unspecified atom stereocenters. The smallest absolute Gasteiger partial charge is 0.276 e. The lowest BCUT2D eigenvalue weighted by Gasteiger charge is -2.09. The van der Waals surface area contributed by atoms with Crippen molar-refractivity contribution in [3.63, 3.8) is 0 Å². The fourth-order valence-electron chi connectivity index (χ4n) is 1.71. The zero-order valence-corrected chi connectivity index (χ0v) is 11.7. The van der Waals surface area contributed by atoms with Crippen LogP contribution in [0.2, 0.25) is 0 Å². The van der Waals surface area contributed by atoms with Crippen LogP contribution >= 0.6 is 0 Å². The number of benzene rings is 2. The minimum Gasteiger partial charge on any atom is -0.484 e. The van der Waals surface area contributed by atoms with Crippen molar-refractivity contribution in [2.75, 3.05) is 6.61 Å². The van der Waals surface area contributed by atoms with Crippen LogP contribution in [-0.4, -0.2) is 18.4 Å². The fourth-order valence-corrected chi connectivity index (χ4v) is 1.71. The van der Waals surface area contributed by atoms with Gasteiger partial charge in [-0.15, -0.1) is 0 Å². The molecule has 0 atom stereocenters. The van der Waals surface area contributed by atoms with Gasteiger partial charge in [0.15, 0.2) is 6.61 Å². The topological polar surface area (TPSA) is 67.4 Å². The van der Waals surface area contributed by atoms with Crippen molar-refractivity contribution in [1.82, 2.24) is 10.9 Å². The normalized spacial score (nSPS) is 9.86. The van der Waals surface area contributed by atoms with E-state index in [1.807, 2.05) is 30.3 Å². The summed E-state index contributed by atoms with van der Waals surface area (Å²) in [4.78, 5) is 23.1. The maximum atomic E-state index is 12.9. The van der Waals surface area contributed by atoms with E-state index < -0.39 is 11.7 Å². The molecule has 0 aromatic heterocycles. The van der Waals surface area contributed by atoms with Crippen molar-refractivity contribution in [2.24, 2.45) is 0 Å². The van der Waals surface area contributed by atoms with E-state index in [1.165, 1.54) is 24.3 Å². The van der Waals surface area contributed by atoms with Gasteiger partial charge in [0.2, 0.25) is 5.91 Å². The van der Waals surface area contributed by atoms with Crippen molar-refractivity contribution in [3.8, 4) is 5.75 Å². The minimum atomic E-state index is -0.536. The van der Waals surface area contributed by atoms with Crippen LogP contribution in [0.25, 0.3) is 0 Å². The molecule has 0 fully saturated rings. The molecule has 0 aliphatic heterocycles. The molecular weight excluding hydrogens is 287 g/mol. The van der Waals surface area contributed by atoms with E-state index in [0.717, 1.165) is 5.56 Å². The molecule has 0 radical (unpaired) electrons. The zero-order valence-electron chi connectivity index (χ0n) is 11.7. The number of nitrogens with one attached hydrogen (secondary N) is 2. The highest BCUT2D eigenvalue weighted by molar-refractivity contribution is 5.83. The van der Waals surface area contributed by atoms with Gasteiger partial charge in [-0.05, 0) is 17.7 Å². The average Bonchev–Trinajstić information content (AvgIpc) is 2.52. The average molecular weight is 302 g/mol. The van der Waals surface area contributed by atoms with Gasteiger partial charge >= 0.3 is 0 Å². The molecule has 2 rings (SSSR count). The first-order valence-electron chi connectivity index (χ1n) is 6.63. The van der Waals surface area contributed by atoms with E-state index in [2.05, 4.69) is 10.9 Å². The third-order valence-corrected chi connectivity index (χ3v) is 2.71. The van der Waals surface area contributed by atoms with Crippen molar-refractivity contribution < 1.29 is 18.7 Å². The molecule has 0 heterocycles. The Bertz CT molecular complexity index is 647. The van der Waals surface area contributed by atoms with Gasteiger partial charge in [-0.2, -0.15) is 0 Å². The molecule has 2 aromatic rings. The highest BCUT2D eigenvalue weighted by atomic mass is 19.1. The van der Waals surface area contributed by atoms with Gasteiger partial charge in [-0.3, -0.25) is 20.4 Å². The van der Waals surface area contributed by atoms with Gasteiger partial charge < -0.3 is 4.74 Å². The number of rotatable bonds is 5. The predicted octanol–water partition coefficient (Wildman–Crippen LogP) is 1.59. The van der Waals surface area contributed by atoms with Crippen LogP contribution in [0.4, 0.5) is 4.39 Å². The standard InChI is InChI=1S/C16H15FN2O3/c17-13-7-4-8-14(10-13)22-11-16(21)19-18-15(20)9-12-5-2-1-3-6-12/h1-8,10H,9,11H2,(H,18,20)(H,19,21). The van der Waals surface area contributed by atoms with Gasteiger partial charge in [0.1, 0.15) is 11.6 Å². The fraction of sp³-hybridized carbons (Fsp3) is 0.125. The van der Waals surface area contributed by atoms with E-state index >= 15 is 0 Å². The molecular formula is C16H15FN2O3. The van der Waals surface area contributed by atoms with Crippen LogP contribution in [0.3, 0.4) is 0 Å². The molecule has 0 spiro atoms. The van der Waals surface area contributed by atoms with Crippen LogP contribution < -0.4 is 15.6 Å². The van der Waals surface area contributed by atoms with E-state index in [1.54, 1.807) is 0 Å². The second-order valence-corrected chi connectivity index (χ2v) is 4.50. The van der Waals surface area contributed by atoms with Crippen molar-refractivity contribution in [2.45, 2.75) is 6.42 Å². The summed E-state index contributed by atoms with van der Waals surface area (Å²) in [5.41, 5.74) is 5.35. The molecule has 6 heteroatoms. The summed E-state index contributed by atoms with van der Waals surface area (Å²) in [6.45, 7) is -0.324. The highest BCUT2D eigenvalue weighted by Gasteiger charge is 2.06. The Morgan fingerprint density at radius 1 is 0.955 bits per heavy atom. The summed E-state index contributed by atoms with van der Waals surface area (Å²) >= 11 is 0. The lowest BCUT2D eigenvalue weighted by molar-refractivity contribution is -0.129. The third-order valence-electron chi connectivity index (χ3n) is 2.71. The molecule has 0 bridgehead atoms. The SMILES string of the molecule is O=C(COc1cccc(F)c1)NNC(=O)Cc1ccccc1. The van der Waals surface area contributed by atoms with Crippen molar-refractivity contribution in [1.29, 1.82) is 0 Å². The number of hydrogen-bond acceptors (Lipinski definition) is 3. The largest absolute Gasteiger partial charge is 0.484 e. The second-order valence-electron chi connectivity index (χ2n) is 4.50. The lowest BCUT2D eigenvalue weighted by atomic mass is 10.1. The summed E-state index contributed by atoms with van der Waals surface area (Å²) in [6, 6.07) is 14.6. The summed E-state index contributed by atoms with van der Waals surface area (Å²) in [5.74, 6) is -1.09. The number of hydrogen-bond donors (Lipinski definition) is 2. The Labute approximate surface area is 127 Å². The molecule has 114 valence electrons. The van der Waals surface area contributed by atoms with E-state index in [9.17, 15) is 14.0 Å². The van der Waals surface area contributed by atoms with Crippen molar-refractivity contribution in [3.05, 3.63) is 66.0 Å². The van der Waals surface area contributed by atoms with Crippen LogP contribution in [0, 0.1) is 5.82 Å². The molecule has 2 N–H and O–H groups in total. The molecule has 5 nitrogen and oxygen atoms in total. The summed E-state index contributed by atoms with van der Waals surface area (Å²) in [6.07, 6.45) is 0.159. The molecule has 0 saturated carbocycles. The first kappa shape index (κ1) is 15.5. The first-order valence-corrected chi connectivity index (χ1v) is 6.63. The van der Waals surface area contributed by atoms with Crippen LogP contribution in [-0.2, 0) is 16.0 Å². The Hall–Kier alpha value is -2.89. The minimum absolute atomic E-state index is 0.159. The first-order chi connectivity index (χ1) is 10.6. The Morgan fingerprint density at radius 2 is 1.68 bits per heavy atom. The summed E-state index contributed by atoms with van der Waals surface area (Å²) < 4.78 is 18.0. The molecule has 0 aliphatic rings. The zero-order chi connectivity index (χ0) is 15.8. The molecule has 22 heavy (non-hydrogen) atoms. The number of ether oxygens (including phenoxy) is 1. The van der Waals surface area contributed by atoms with Crippen LogP contribution in [0.5, 0.6) is 5.75 Å². The van der Waals surface area contributed by atoms with E-state index in [0.29, 0.717) is 0 Å². The highest BCUT2D eigenvalue weighted by Crippen LogP contribution is 2.11. The summed E-state index contributed by atoms with van der Waals surface area (Å²) in [7, 11) is 0. The maximum Gasteiger partial charge on any atom is 0.276 e. The quantitative estimate of drug-likeness (QED) is 0.824. The van der Waals surface area contributed by atoms with Crippen LogP contribution in [0.15, 0.2) is 54.6 Å². The molecule has 2 amide bonds.